The van der Waals surface area contributed by atoms with E-state index in [1.165, 1.54) is 35.6 Å². The van der Waals surface area contributed by atoms with Gasteiger partial charge in [0.05, 0.1) is 12.0 Å². The summed E-state index contributed by atoms with van der Waals surface area (Å²) >= 11 is 0. The second-order valence-corrected chi connectivity index (χ2v) is 9.10. The molecule has 0 radical (unpaired) electrons. The van der Waals surface area contributed by atoms with Gasteiger partial charge >= 0.3 is 0 Å². The number of benzene rings is 2. The lowest BCUT2D eigenvalue weighted by atomic mass is 10.1. The van der Waals surface area contributed by atoms with E-state index in [-0.39, 0.29) is 23.3 Å². The van der Waals surface area contributed by atoms with Crippen molar-refractivity contribution in [2.45, 2.75) is 17.7 Å². The van der Waals surface area contributed by atoms with Gasteiger partial charge < -0.3 is 15.4 Å². The highest BCUT2D eigenvalue weighted by Crippen LogP contribution is 2.16. The molecule has 8 nitrogen and oxygen atoms in total. The number of sulfonamides is 1. The summed E-state index contributed by atoms with van der Waals surface area (Å²) in [5.74, 6) is 0.208. The predicted octanol–water partition coefficient (Wildman–Crippen LogP) is 1.98. The highest BCUT2D eigenvalue weighted by molar-refractivity contribution is 7.89. The van der Waals surface area contributed by atoms with Crippen molar-refractivity contribution in [3.63, 3.8) is 0 Å². The molecule has 32 heavy (non-hydrogen) atoms. The first-order valence-corrected chi connectivity index (χ1v) is 11.6. The Morgan fingerprint density at radius 1 is 1.03 bits per heavy atom. The summed E-state index contributed by atoms with van der Waals surface area (Å²) < 4.78 is 31.7. The van der Waals surface area contributed by atoms with Crippen molar-refractivity contribution in [3.8, 4) is 5.75 Å². The number of carbonyl (C=O) groups is 2. The summed E-state index contributed by atoms with van der Waals surface area (Å²) in [7, 11) is -0.604. The maximum atomic E-state index is 12.7. The number of amides is 2. The summed E-state index contributed by atoms with van der Waals surface area (Å²) in [6, 6.07) is 13.4. The molecule has 2 aromatic rings. The number of nitrogens with one attached hydrogen (secondary N) is 2. The molecule has 0 atom stereocenters. The number of rotatable bonds is 12. The van der Waals surface area contributed by atoms with Gasteiger partial charge in [-0.2, -0.15) is 0 Å². The summed E-state index contributed by atoms with van der Waals surface area (Å²) in [6.07, 6.45) is 2.29. The molecule has 172 valence electrons. The van der Waals surface area contributed by atoms with Gasteiger partial charge in [-0.3, -0.25) is 9.59 Å². The van der Waals surface area contributed by atoms with E-state index in [0.717, 1.165) is 17.4 Å². The van der Waals surface area contributed by atoms with Crippen LogP contribution < -0.4 is 15.4 Å². The SMILES string of the molecule is C=CC(=O)NCCCN(C)S(=O)(=O)c1ccc(C(=O)NCCc2ccc(OC)cc2)cc1. The summed E-state index contributed by atoms with van der Waals surface area (Å²) in [5.41, 5.74) is 1.45. The molecule has 0 aliphatic rings. The van der Waals surface area contributed by atoms with Crippen LogP contribution in [0.1, 0.15) is 22.3 Å². The second kappa shape index (κ2) is 12.0. The molecule has 0 aliphatic carbocycles. The first-order valence-electron chi connectivity index (χ1n) is 10.2. The molecular weight excluding hydrogens is 430 g/mol. The van der Waals surface area contributed by atoms with E-state index in [9.17, 15) is 18.0 Å². The van der Waals surface area contributed by atoms with Gasteiger partial charge in [0.1, 0.15) is 5.75 Å². The third-order valence-corrected chi connectivity index (χ3v) is 6.69. The lowest BCUT2D eigenvalue weighted by Crippen LogP contribution is -2.31. The van der Waals surface area contributed by atoms with E-state index in [1.54, 1.807) is 7.11 Å². The Balaban J connectivity index is 1.86. The zero-order valence-corrected chi connectivity index (χ0v) is 19.2. The van der Waals surface area contributed by atoms with Crippen molar-refractivity contribution >= 4 is 21.8 Å². The Morgan fingerprint density at radius 2 is 1.69 bits per heavy atom. The fourth-order valence-electron chi connectivity index (χ4n) is 2.88. The first kappa shape index (κ1) is 25.1. The van der Waals surface area contributed by atoms with Crippen molar-refractivity contribution < 1.29 is 22.7 Å². The topological polar surface area (TPSA) is 105 Å². The number of ether oxygens (including phenoxy) is 1. The zero-order valence-electron chi connectivity index (χ0n) is 18.3. The Bertz CT molecular complexity index is 1020. The van der Waals surface area contributed by atoms with Crippen LogP contribution in [0.25, 0.3) is 0 Å². The predicted molar refractivity (Wildman–Crippen MR) is 123 cm³/mol. The van der Waals surface area contributed by atoms with Crippen molar-refractivity contribution in [1.82, 2.24) is 14.9 Å². The number of hydrogen-bond donors (Lipinski definition) is 2. The molecular formula is C23H29N3O5S. The fraction of sp³-hybridized carbons (Fsp3) is 0.304. The summed E-state index contributed by atoms with van der Waals surface area (Å²) in [5, 5.41) is 5.44. The van der Waals surface area contributed by atoms with Crippen molar-refractivity contribution in [3.05, 3.63) is 72.3 Å². The van der Waals surface area contributed by atoms with Crippen LogP contribution in [-0.4, -0.2) is 58.3 Å². The van der Waals surface area contributed by atoms with Gasteiger partial charge in [-0.15, -0.1) is 0 Å². The Hall–Kier alpha value is -3.17. The van der Waals surface area contributed by atoms with Gasteiger partial charge in [-0.05, 0) is 60.9 Å². The number of methoxy groups -OCH3 is 1. The standard InChI is InChI=1S/C23H29N3O5S/c1-4-22(27)24-15-5-17-26(2)32(29,30)21-12-8-19(9-13-21)23(28)25-16-14-18-6-10-20(31-3)11-7-18/h4,6-13H,1,5,14-17H2,2-3H3,(H,24,27)(H,25,28). The van der Waals surface area contributed by atoms with Gasteiger partial charge in [-0.1, -0.05) is 18.7 Å². The molecule has 0 unspecified atom stereocenters. The quantitative estimate of drug-likeness (QED) is 0.373. The molecule has 2 N–H and O–H groups in total. The monoisotopic (exact) mass is 459 g/mol. The average molecular weight is 460 g/mol. The molecule has 9 heteroatoms. The minimum Gasteiger partial charge on any atom is -0.497 e. The van der Waals surface area contributed by atoms with E-state index in [2.05, 4.69) is 17.2 Å². The summed E-state index contributed by atoms with van der Waals surface area (Å²) in [6.45, 7) is 4.40. The van der Waals surface area contributed by atoms with Crippen LogP contribution >= 0.6 is 0 Å². The van der Waals surface area contributed by atoms with Gasteiger partial charge in [0.25, 0.3) is 5.91 Å². The first-order chi connectivity index (χ1) is 15.3. The van der Waals surface area contributed by atoms with Crippen LogP contribution in [0, 0.1) is 0 Å². The second-order valence-electron chi connectivity index (χ2n) is 7.05. The molecule has 0 saturated heterocycles. The van der Waals surface area contributed by atoms with E-state index < -0.39 is 10.0 Å². The third-order valence-electron chi connectivity index (χ3n) is 4.82. The number of nitrogens with zero attached hydrogens (tertiary/aromatic N) is 1. The normalized spacial score (nSPS) is 11.1. The highest BCUT2D eigenvalue weighted by Gasteiger charge is 2.20. The largest absolute Gasteiger partial charge is 0.497 e. The van der Waals surface area contributed by atoms with Crippen molar-refractivity contribution in [1.29, 1.82) is 0 Å². The number of hydrogen-bond acceptors (Lipinski definition) is 5. The molecule has 0 saturated carbocycles. The molecule has 0 spiro atoms. The average Bonchev–Trinajstić information content (AvgIpc) is 2.81. The third kappa shape index (κ3) is 7.21. The number of carbonyl (C=O) groups excluding carboxylic acids is 2. The van der Waals surface area contributed by atoms with Crippen LogP contribution in [-0.2, 0) is 21.2 Å². The van der Waals surface area contributed by atoms with Gasteiger partial charge in [0.2, 0.25) is 15.9 Å². The van der Waals surface area contributed by atoms with E-state index in [0.29, 0.717) is 31.5 Å². The summed E-state index contributed by atoms with van der Waals surface area (Å²) in [4.78, 5) is 23.6. The molecule has 0 fully saturated rings. The van der Waals surface area contributed by atoms with Crippen LogP contribution in [0.2, 0.25) is 0 Å². The molecule has 2 rings (SSSR count). The van der Waals surface area contributed by atoms with E-state index in [1.807, 2.05) is 24.3 Å². The van der Waals surface area contributed by atoms with Crippen LogP contribution in [0.5, 0.6) is 5.75 Å². The molecule has 2 amide bonds. The Labute approximate surface area is 189 Å². The maximum absolute atomic E-state index is 12.7. The van der Waals surface area contributed by atoms with Crippen molar-refractivity contribution in [2.75, 3.05) is 33.8 Å². The molecule has 0 heterocycles. The zero-order chi connectivity index (χ0) is 23.6. The van der Waals surface area contributed by atoms with E-state index >= 15 is 0 Å². The molecule has 0 bridgehead atoms. The van der Waals surface area contributed by atoms with Gasteiger partial charge in [-0.25, -0.2) is 12.7 Å². The van der Waals surface area contributed by atoms with Gasteiger partial charge in [0.15, 0.2) is 0 Å². The smallest absolute Gasteiger partial charge is 0.251 e. The Kier molecular flexibility index (Phi) is 9.42. The lowest BCUT2D eigenvalue weighted by molar-refractivity contribution is -0.116. The van der Waals surface area contributed by atoms with Crippen LogP contribution in [0.4, 0.5) is 0 Å². The Morgan fingerprint density at radius 3 is 2.28 bits per heavy atom. The highest BCUT2D eigenvalue weighted by atomic mass is 32.2. The van der Waals surface area contributed by atoms with Crippen LogP contribution in [0.15, 0.2) is 66.1 Å². The molecule has 2 aromatic carbocycles. The minimum absolute atomic E-state index is 0.102. The maximum Gasteiger partial charge on any atom is 0.251 e. The molecule has 0 aromatic heterocycles. The van der Waals surface area contributed by atoms with Crippen LogP contribution in [0.3, 0.4) is 0 Å². The van der Waals surface area contributed by atoms with Gasteiger partial charge in [0, 0.05) is 32.2 Å². The fourth-order valence-corrected chi connectivity index (χ4v) is 4.09. The lowest BCUT2D eigenvalue weighted by Gasteiger charge is -2.17. The van der Waals surface area contributed by atoms with Crippen molar-refractivity contribution in [2.24, 2.45) is 0 Å². The minimum atomic E-state index is -3.69. The molecule has 0 aliphatic heterocycles. The van der Waals surface area contributed by atoms with E-state index in [4.69, 9.17) is 4.74 Å².